The third-order valence-corrected chi connectivity index (χ3v) is 2.15. The van der Waals surface area contributed by atoms with Gasteiger partial charge >= 0.3 is 0 Å². The van der Waals surface area contributed by atoms with E-state index in [1.807, 2.05) is 0 Å². The second-order valence-electron chi connectivity index (χ2n) is 2.84. The predicted molar refractivity (Wildman–Crippen MR) is 52.1 cm³/mol. The molecule has 1 radical (unpaired) electrons. The standard InChI is InChI=1S/C9H8ClFNO2/c1-6(5-11)8-4-7(12(13)14)2-3-9(8)10/h2-4H,5H2,1H3. The van der Waals surface area contributed by atoms with Crippen LogP contribution < -0.4 is 0 Å². The largest absolute Gasteiger partial charge is 0.269 e. The highest BCUT2D eigenvalue weighted by Crippen LogP contribution is 2.27. The molecule has 0 atom stereocenters. The number of benzene rings is 1. The van der Waals surface area contributed by atoms with Crippen LogP contribution in [0.5, 0.6) is 0 Å². The highest BCUT2D eigenvalue weighted by atomic mass is 35.5. The Bertz CT molecular complexity index is 357. The molecule has 1 aromatic rings. The van der Waals surface area contributed by atoms with Gasteiger partial charge < -0.3 is 0 Å². The van der Waals surface area contributed by atoms with Gasteiger partial charge in [-0.2, -0.15) is 0 Å². The van der Waals surface area contributed by atoms with Crippen LogP contribution in [0, 0.1) is 16.0 Å². The first kappa shape index (κ1) is 10.9. The lowest BCUT2D eigenvalue weighted by Gasteiger charge is -2.07. The van der Waals surface area contributed by atoms with E-state index in [4.69, 9.17) is 11.6 Å². The third kappa shape index (κ3) is 2.20. The summed E-state index contributed by atoms with van der Waals surface area (Å²) in [6.45, 7) is 0.881. The molecule has 0 aliphatic heterocycles. The molecule has 0 spiro atoms. The fraction of sp³-hybridized carbons (Fsp3) is 0.222. The van der Waals surface area contributed by atoms with Gasteiger partial charge in [0, 0.05) is 23.1 Å². The van der Waals surface area contributed by atoms with Crippen molar-refractivity contribution in [2.75, 3.05) is 6.67 Å². The SMILES string of the molecule is C[C](CF)c1cc([N+](=O)[O-])ccc1Cl. The molecule has 0 saturated carbocycles. The summed E-state index contributed by atoms with van der Waals surface area (Å²) in [5, 5.41) is 10.8. The van der Waals surface area contributed by atoms with Crippen LogP contribution in [0.1, 0.15) is 12.5 Å². The first-order valence-corrected chi connectivity index (χ1v) is 4.26. The number of rotatable bonds is 3. The van der Waals surface area contributed by atoms with Gasteiger partial charge in [0.2, 0.25) is 0 Å². The number of halogens is 2. The molecule has 1 aromatic carbocycles. The lowest BCUT2D eigenvalue weighted by molar-refractivity contribution is -0.384. The number of non-ortho nitro benzene ring substituents is 1. The Labute approximate surface area is 85.6 Å². The molecule has 0 aliphatic rings. The molecule has 0 saturated heterocycles. The van der Waals surface area contributed by atoms with E-state index in [1.165, 1.54) is 18.2 Å². The molecule has 0 bridgehead atoms. The number of alkyl halides is 1. The van der Waals surface area contributed by atoms with Crippen LogP contribution in [0.4, 0.5) is 10.1 Å². The van der Waals surface area contributed by atoms with Crippen molar-refractivity contribution in [3.05, 3.63) is 44.8 Å². The molecule has 5 heteroatoms. The van der Waals surface area contributed by atoms with E-state index in [0.29, 0.717) is 16.5 Å². The van der Waals surface area contributed by atoms with Gasteiger partial charge in [0.25, 0.3) is 5.69 Å². The molecule has 0 unspecified atom stereocenters. The molecular weight excluding hydrogens is 209 g/mol. The van der Waals surface area contributed by atoms with Crippen LogP contribution in [0.15, 0.2) is 18.2 Å². The Morgan fingerprint density at radius 2 is 2.29 bits per heavy atom. The van der Waals surface area contributed by atoms with E-state index in [2.05, 4.69) is 0 Å². The Balaban J connectivity index is 3.14. The highest BCUT2D eigenvalue weighted by molar-refractivity contribution is 6.31. The van der Waals surface area contributed by atoms with Gasteiger partial charge in [-0.1, -0.05) is 18.5 Å². The topological polar surface area (TPSA) is 43.1 Å². The third-order valence-electron chi connectivity index (χ3n) is 1.82. The number of nitro benzene ring substituents is 1. The summed E-state index contributed by atoms with van der Waals surface area (Å²) in [7, 11) is 0. The zero-order valence-corrected chi connectivity index (χ0v) is 8.21. The van der Waals surface area contributed by atoms with E-state index in [0.717, 1.165) is 0 Å². The van der Waals surface area contributed by atoms with Crippen LogP contribution in [-0.2, 0) is 0 Å². The second kappa shape index (κ2) is 4.37. The quantitative estimate of drug-likeness (QED) is 0.575. The van der Waals surface area contributed by atoms with Crippen molar-refractivity contribution in [3.8, 4) is 0 Å². The first-order valence-electron chi connectivity index (χ1n) is 3.89. The van der Waals surface area contributed by atoms with Gasteiger partial charge in [-0.3, -0.25) is 14.5 Å². The van der Waals surface area contributed by atoms with E-state index in [-0.39, 0.29) is 5.69 Å². The molecule has 0 aromatic heterocycles. The molecule has 0 N–H and O–H groups in total. The molecule has 0 fully saturated rings. The minimum atomic E-state index is -0.666. The predicted octanol–water partition coefficient (Wildman–Crippen LogP) is 3.16. The minimum absolute atomic E-state index is 0.0859. The van der Waals surface area contributed by atoms with Crippen LogP contribution >= 0.6 is 11.6 Å². The maximum Gasteiger partial charge on any atom is 0.269 e. The van der Waals surface area contributed by atoms with Crippen molar-refractivity contribution < 1.29 is 9.31 Å². The summed E-state index contributed by atoms with van der Waals surface area (Å²) in [6.07, 6.45) is 0. The molecule has 0 amide bonds. The van der Waals surface area contributed by atoms with Crippen molar-refractivity contribution >= 4 is 17.3 Å². The van der Waals surface area contributed by atoms with E-state index in [9.17, 15) is 14.5 Å². The Kier molecular flexibility index (Phi) is 3.41. The minimum Gasteiger partial charge on any atom is -0.258 e. The van der Waals surface area contributed by atoms with Gasteiger partial charge in [0.1, 0.15) is 0 Å². The number of nitro groups is 1. The van der Waals surface area contributed by atoms with Gasteiger partial charge in [-0.15, -0.1) is 0 Å². The molecule has 0 heterocycles. The number of hydrogen-bond acceptors (Lipinski definition) is 2. The summed E-state index contributed by atoms with van der Waals surface area (Å²) in [4.78, 5) is 9.90. The average molecular weight is 217 g/mol. The molecule has 14 heavy (non-hydrogen) atoms. The van der Waals surface area contributed by atoms with Crippen molar-refractivity contribution in [2.45, 2.75) is 6.92 Å². The van der Waals surface area contributed by atoms with Gasteiger partial charge in [0.15, 0.2) is 0 Å². The molecular formula is C9H8ClFNO2. The zero-order chi connectivity index (χ0) is 10.7. The van der Waals surface area contributed by atoms with Crippen LogP contribution in [0.25, 0.3) is 0 Å². The monoisotopic (exact) mass is 216 g/mol. The summed E-state index contributed by atoms with van der Waals surface area (Å²) < 4.78 is 12.3. The normalized spacial score (nSPS) is 10.6. The highest BCUT2D eigenvalue weighted by Gasteiger charge is 2.14. The van der Waals surface area contributed by atoms with Crippen molar-refractivity contribution in [1.29, 1.82) is 0 Å². The van der Waals surface area contributed by atoms with Crippen LogP contribution in [-0.4, -0.2) is 11.6 Å². The van der Waals surface area contributed by atoms with E-state index >= 15 is 0 Å². The number of nitrogens with zero attached hydrogens (tertiary/aromatic N) is 1. The Morgan fingerprint density at radius 3 is 2.79 bits per heavy atom. The fourth-order valence-corrected chi connectivity index (χ4v) is 1.30. The van der Waals surface area contributed by atoms with Crippen molar-refractivity contribution in [1.82, 2.24) is 0 Å². The summed E-state index contributed by atoms with van der Waals surface area (Å²) in [5.74, 6) is 0.388. The second-order valence-corrected chi connectivity index (χ2v) is 3.24. The lowest BCUT2D eigenvalue weighted by atomic mass is 10.0. The molecule has 1 rings (SSSR count). The summed E-state index contributed by atoms with van der Waals surface area (Å²) in [5.41, 5.74) is 0.306. The van der Waals surface area contributed by atoms with Crippen molar-refractivity contribution in [3.63, 3.8) is 0 Å². The fourth-order valence-electron chi connectivity index (χ4n) is 1.03. The maximum atomic E-state index is 12.3. The smallest absolute Gasteiger partial charge is 0.258 e. The van der Waals surface area contributed by atoms with Gasteiger partial charge in [-0.25, -0.2) is 0 Å². The van der Waals surface area contributed by atoms with Crippen LogP contribution in [0.2, 0.25) is 5.02 Å². The molecule has 3 nitrogen and oxygen atoms in total. The van der Waals surface area contributed by atoms with Gasteiger partial charge in [0.05, 0.1) is 11.6 Å². The summed E-state index contributed by atoms with van der Waals surface area (Å²) in [6, 6.07) is 3.96. The molecule has 0 aliphatic carbocycles. The Hall–Kier alpha value is -1.16. The maximum absolute atomic E-state index is 12.3. The van der Waals surface area contributed by atoms with Crippen molar-refractivity contribution in [2.24, 2.45) is 0 Å². The zero-order valence-electron chi connectivity index (χ0n) is 7.46. The Morgan fingerprint density at radius 1 is 1.64 bits per heavy atom. The van der Waals surface area contributed by atoms with Crippen LogP contribution in [0.3, 0.4) is 0 Å². The van der Waals surface area contributed by atoms with E-state index in [1.54, 1.807) is 6.92 Å². The van der Waals surface area contributed by atoms with E-state index < -0.39 is 11.6 Å². The first-order chi connectivity index (χ1) is 6.56. The average Bonchev–Trinajstić information content (AvgIpc) is 2.17. The lowest BCUT2D eigenvalue weighted by Crippen LogP contribution is -1.99. The number of hydrogen-bond donors (Lipinski definition) is 0. The van der Waals surface area contributed by atoms with Gasteiger partial charge in [-0.05, 0) is 11.6 Å². The summed E-state index contributed by atoms with van der Waals surface area (Å²) >= 11 is 5.76. The molecule has 75 valence electrons.